The first-order valence-corrected chi connectivity index (χ1v) is 6.96. The van der Waals surface area contributed by atoms with E-state index in [9.17, 15) is 13.2 Å². The third-order valence-electron chi connectivity index (χ3n) is 3.12. The topological polar surface area (TPSA) is 21.3 Å². The van der Waals surface area contributed by atoms with Crippen molar-refractivity contribution in [1.82, 2.24) is 5.32 Å². The molecule has 19 heavy (non-hydrogen) atoms. The van der Waals surface area contributed by atoms with Crippen LogP contribution in [0.3, 0.4) is 0 Å². The molecule has 106 valence electrons. The van der Waals surface area contributed by atoms with E-state index in [0.29, 0.717) is 11.1 Å². The molecule has 1 unspecified atom stereocenters. The summed E-state index contributed by atoms with van der Waals surface area (Å²) in [6, 6.07) is 3.79. The number of hydrogen-bond acceptors (Lipinski definition) is 2. The molecule has 0 radical (unpaired) electrons. The van der Waals surface area contributed by atoms with Crippen molar-refractivity contribution < 1.29 is 17.9 Å². The first-order chi connectivity index (χ1) is 8.97. The van der Waals surface area contributed by atoms with Gasteiger partial charge < -0.3 is 10.1 Å². The molecule has 0 bridgehead atoms. The van der Waals surface area contributed by atoms with E-state index in [0.717, 1.165) is 32.0 Å². The number of benzene rings is 1. The SMILES string of the molecule is FC(F)(F)c1ccc(Br)cc1OCC1CCCNC1. The Bertz CT molecular complexity index is 430. The summed E-state index contributed by atoms with van der Waals surface area (Å²) in [6.45, 7) is 2.09. The van der Waals surface area contributed by atoms with Gasteiger partial charge in [0.1, 0.15) is 5.75 Å². The molecular weight excluding hydrogens is 323 g/mol. The molecule has 6 heteroatoms. The maximum atomic E-state index is 12.8. The highest BCUT2D eigenvalue weighted by atomic mass is 79.9. The minimum atomic E-state index is -4.39. The molecule has 2 rings (SSSR count). The lowest BCUT2D eigenvalue weighted by Gasteiger charge is -2.23. The highest BCUT2D eigenvalue weighted by Gasteiger charge is 2.34. The molecule has 1 aromatic rings. The zero-order chi connectivity index (χ0) is 13.9. The molecule has 0 saturated carbocycles. The molecule has 2 nitrogen and oxygen atoms in total. The van der Waals surface area contributed by atoms with E-state index in [1.807, 2.05) is 0 Å². The summed E-state index contributed by atoms with van der Waals surface area (Å²) in [5, 5.41) is 3.22. The number of nitrogens with one attached hydrogen (secondary N) is 1. The maximum Gasteiger partial charge on any atom is 0.419 e. The molecule has 1 atom stereocenters. The quantitative estimate of drug-likeness (QED) is 0.904. The average molecular weight is 338 g/mol. The molecule has 0 aromatic heterocycles. The van der Waals surface area contributed by atoms with Crippen molar-refractivity contribution in [3.8, 4) is 5.75 Å². The molecule has 1 saturated heterocycles. The molecule has 1 aliphatic rings. The monoisotopic (exact) mass is 337 g/mol. The second-order valence-corrected chi connectivity index (χ2v) is 5.58. The van der Waals surface area contributed by atoms with Gasteiger partial charge in [0, 0.05) is 16.9 Å². The van der Waals surface area contributed by atoms with Gasteiger partial charge in [-0.25, -0.2) is 0 Å². The molecule has 1 fully saturated rings. The molecular formula is C13H15BrF3NO. The molecule has 1 aliphatic heterocycles. The summed E-state index contributed by atoms with van der Waals surface area (Å²) in [6.07, 6.45) is -2.36. The van der Waals surface area contributed by atoms with Crippen molar-refractivity contribution in [2.24, 2.45) is 5.92 Å². The van der Waals surface area contributed by atoms with Gasteiger partial charge in [-0.3, -0.25) is 0 Å². The van der Waals surface area contributed by atoms with E-state index < -0.39 is 11.7 Å². The van der Waals surface area contributed by atoms with Gasteiger partial charge in [0.25, 0.3) is 0 Å². The molecule has 0 amide bonds. The Morgan fingerprint density at radius 2 is 2.16 bits per heavy atom. The summed E-state index contributed by atoms with van der Waals surface area (Å²) >= 11 is 3.17. The Kier molecular flexibility index (Phi) is 4.73. The van der Waals surface area contributed by atoms with Crippen molar-refractivity contribution in [1.29, 1.82) is 0 Å². The van der Waals surface area contributed by atoms with Crippen LogP contribution in [0.15, 0.2) is 22.7 Å². The third-order valence-corrected chi connectivity index (χ3v) is 3.62. The molecule has 0 spiro atoms. The van der Waals surface area contributed by atoms with Crippen molar-refractivity contribution in [3.63, 3.8) is 0 Å². The first kappa shape index (κ1) is 14.7. The lowest BCUT2D eigenvalue weighted by molar-refractivity contribution is -0.139. The predicted octanol–water partition coefficient (Wildman–Crippen LogP) is 3.85. The van der Waals surface area contributed by atoms with Gasteiger partial charge in [0.15, 0.2) is 0 Å². The summed E-state index contributed by atoms with van der Waals surface area (Å²) < 4.78 is 44.5. The van der Waals surface area contributed by atoms with Crippen LogP contribution in [0.1, 0.15) is 18.4 Å². The fourth-order valence-electron chi connectivity index (χ4n) is 2.12. The Balaban J connectivity index is 2.07. The lowest BCUT2D eigenvalue weighted by atomic mass is 10.0. The van der Waals surface area contributed by atoms with Gasteiger partial charge in [-0.2, -0.15) is 13.2 Å². The summed E-state index contributed by atoms with van der Waals surface area (Å²) in [5.41, 5.74) is -0.723. The largest absolute Gasteiger partial charge is 0.493 e. The molecule has 0 aliphatic carbocycles. The van der Waals surface area contributed by atoms with Gasteiger partial charge in [-0.1, -0.05) is 15.9 Å². The number of piperidine rings is 1. The third kappa shape index (κ3) is 4.11. The molecule has 1 aromatic carbocycles. The number of halogens is 4. The normalized spacial score (nSPS) is 20.3. The number of alkyl halides is 3. The van der Waals surface area contributed by atoms with E-state index in [-0.39, 0.29) is 11.7 Å². The van der Waals surface area contributed by atoms with Crippen LogP contribution in [0.4, 0.5) is 13.2 Å². The zero-order valence-electron chi connectivity index (χ0n) is 10.3. The number of rotatable bonds is 3. The zero-order valence-corrected chi connectivity index (χ0v) is 11.9. The van der Waals surface area contributed by atoms with Crippen LogP contribution in [-0.2, 0) is 6.18 Å². The van der Waals surface area contributed by atoms with Crippen LogP contribution in [0.5, 0.6) is 5.75 Å². The van der Waals surface area contributed by atoms with Crippen molar-refractivity contribution in [2.45, 2.75) is 19.0 Å². The van der Waals surface area contributed by atoms with Crippen molar-refractivity contribution in [3.05, 3.63) is 28.2 Å². The Morgan fingerprint density at radius 1 is 1.37 bits per heavy atom. The highest BCUT2D eigenvalue weighted by Crippen LogP contribution is 2.37. The minimum Gasteiger partial charge on any atom is -0.493 e. The van der Waals surface area contributed by atoms with Crippen molar-refractivity contribution >= 4 is 15.9 Å². The van der Waals surface area contributed by atoms with Gasteiger partial charge in [-0.05, 0) is 37.6 Å². The van der Waals surface area contributed by atoms with E-state index in [1.54, 1.807) is 0 Å². The average Bonchev–Trinajstić information content (AvgIpc) is 2.36. The second kappa shape index (κ2) is 6.13. The first-order valence-electron chi connectivity index (χ1n) is 6.17. The molecule has 1 N–H and O–H groups in total. The molecule has 1 heterocycles. The summed E-state index contributed by atoms with van der Waals surface area (Å²) in [7, 11) is 0. The fraction of sp³-hybridized carbons (Fsp3) is 0.538. The van der Waals surface area contributed by atoms with E-state index in [2.05, 4.69) is 21.2 Å². The summed E-state index contributed by atoms with van der Waals surface area (Å²) in [4.78, 5) is 0. The van der Waals surface area contributed by atoms with Gasteiger partial charge in [0.2, 0.25) is 0 Å². The van der Waals surface area contributed by atoms with E-state index >= 15 is 0 Å². The Labute approximate surface area is 118 Å². The standard InChI is InChI=1S/C13H15BrF3NO/c14-10-3-4-11(13(15,16)17)12(6-10)19-8-9-2-1-5-18-7-9/h3-4,6,9,18H,1-2,5,7-8H2. The fourth-order valence-corrected chi connectivity index (χ4v) is 2.46. The highest BCUT2D eigenvalue weighted by molar-refractivity contribution is 9.10. The van der Waals surface area contributed by atoms with Gasteiger partial charge >= 0.3 is 6.18 Å². The number of ether oxygens (including phenoxy) is 1. The second-order valence-electron chi connectivity index (χ2n) is 4.66. The van der Waals surface area contributed by atoms with Crippen LogP contribution in [0.25, 0.3) is 0 Å². The van der Waals surface area contributed by atoms with Crippen LogP contribution >= 0.6 is 15.9 Å². The Hall–Kier alpha value is -0.750. The van der Waals surface area contributed by atoms with Crippen LogP contribution < -0.4 is 10.1 Å². The maximum absolute atomic E-state index is 12.8. The predicted molar refractivity (Wildman–Crippen MR) is 70.2 cm³/mol. The van der Waals surface area contributed by atoms with Crippen LogP contribution in [0, 0.1) is 5.92 Å². The van der Waals surface area contributed by atoms with Gasteiger partial charge in [0.05, 0.1) is 12.2 Å². The van der Waals surface area contributed by atoms with E-state index in [1.165, 1.54) is 12.1 Å². The van der Waals surface area contributed by atoms with Crippen LogP contribution in [0.2, 0.25) is 0 Å². The van der Waals surface area contributed by atoms with Crippen molar-refractivity contribution in [2.75, 3.05) is 19.7 Å². The Morgan fingerprint density at radius 3 is 2.79 bits per heavy atom. The minimum absolute atomic E-state index is 0.104. The van der Waals surface area contributed by atoms with E-state index in [4.69, 9.17) is 4.74 Å². The number of hydrogen-bond donors (Lipinski definition) is 1. The van der Waals surface area contributed by atoms with Crippen LogP contribution in [-0.4, -0.2) is 19.7 Å². The summed E-state index contributed by atoms with van der Waals surface area (Å²) in [5.74, 6) is 0.168. The van der Waals surface area contributed by atoms with Gasteiger partial charge in [-0.15, -0.1) is 0 Å². The smallest absolute Gasteiger partial charge is 0.419 e. The lowest BCUT2D eigenvalue weighted by Crippen LogP contribution is -2.33.